The van der Waals surface area contributed by atoms with Crippen molar-refractivity contribution in [3.8, 4) is 11.3 Å². The molecule has 0 aliphatic carbocycles. The first-order chi connectivity index (χ1) is 7.24. The lowest BCUT2D eigenvalue weighted by atomic mass is 10.1. The van der Waals surface area contributed by atoms with Crippen LogP contribution in [0.3, 0.4) is 0 Å². The molecule has 2 aromatic rings. The monoisotopic (exact) mass is 261 g/mol. The van der Waals surface area contributed by atoms with Crippen molar-refractivity contribution in [1.82, 2.24) is 5.16 Å². The first kappa shape index (κ1) is 10.8. The van der Waals surface area contributed by atoms with Gasteiger partial charge in [-0.1, -0.05) is 35.0 Å². The Balaban J connectivity index is 2.59. The quantitative estimate of drug-likeness (QED) is 0.750. The van der Waals surface area contributed by atoms with Crippen LogP contribution in [-0.2, 0) is 5.88 Å². The summed E-state index contributed by atoms with van der Waals surface area (Å²) in [5, 5.41) is 4.64. The van der Waals surface area contributed by atoms with Crippen LogP contribution in [0.5, 0.6) is 0 Å². The van der Waals surface area contributed by atoms with E-state index in [1.54, 1.807) is 6.07 Å². The molecule has 5 heteroatoms. The summed E-state index contributed by atoms with van der Waals surface area (Å²) in [6.07, 6.45) is 0. The summed E-state index contributed by atoms with van der Waals surface area (Å²) >= 11 is 17.6. The van der Waals surface area contributed by atoms with Gasteiger partial charge in [-0.2, -0.15) is 0 Å². The highest BCUT2D eigenvalue weighted by Gasteiger charge is 2.16. The predicted octanol–water partition coefficient (Wildman–Crippen LogP) is 4.39. The van der Waals surface area contributed by atoms with E-state index in [0.29, 0.717) is 16.3 Å². The van der Waals surface area contributed by atoms with Gasteiger partial charge in [0.05, 0.1) is 16.5 Å². The van der Waals surface area contributed by atoms with Crippen LogP contribution >= 0.6 is 34.8 Å². The zero-order valence-corrected chi connectivity index (χ0v) is 9.77. The largest absolute Gasteiger partial charge is 0.343 e. The fourth-order valence-corrected chi connectivity index (χ4v) is 2.00. The van der Waals surface area contributed by atoms with E-state index in [-0.39, 0.29) is 11.1 Å². The van der Waals surface area contributed by atoms with Crippen LogP contribution in [0.2, 0.25) is 10.2 Å². The molecule has 2 nitrogen and oxygen atoms in total. The number of rotatable bonds is 2. The zero-order valence-electron chi connectivity index (χ0n) is 7.51. The van der Waals surface area contributed by atoms with Gasteiger partial charge in [0.15, 0.2) is 0 Å². The van der Waals surface area contributed by atoms with Crippen molar-refractivity contribution >= 4 is 34.8 Å². The number of nitrogens with zero attached hydrogens (tertiary/aromatic N) is 1. The Labute approximate surface area is 102 Å². The molecule has 0 amide bonds. The van der Waals surface area contributed by atoms with Gasteiger partial charge in [-0.05, 0) is 17.7 Å². The highest BCUT2D eigenvalue weighted by atomic mass is 35.5. The normalized spacial score (nSPS) is 10.6. The predicted molar refractivity (Wildman–Crippen MR) is 61.5 cm³/mol. The van der Waals surface area contributed by atoms with Crippen LogP contribution in [0.15, 0.2) is 28.8 Å². The average molecular weight is 263 g/mol. The summed E-state index contributed by atoms with van der Waals surface area (Å²) in [6.45, 7) is 0. The van der Waals surface area contributed by atoms with Gasteiger partial charge in [-0.25, -0.2) is 0 Å². The van der Waals surface area contributed by atoms with E-state index >= 15 is 0 Å². The number of aromatic nitrogens is 1. The molecule has 2 rings (SSSR count). The molecule has 0 fully saturated rings. The second-order valence-corrected chi connectivity index (χ2v) is 3.91. The molecule has 0 unspecified atom stereocenters. The molecule has 0 atom stereocenters. The second kappa shape index (κ2) is 4.44. The van der Waals surface area contributed by atoms with Crippen LogP contribution in [0, 0.1) is 0 Å². The maximum Gasteiger partial charge on any atom is 0.231 e. The number of hydrogen-bond acceptors (Lipinski definition) is 2. The molecule has 0 bridgehead atoms. The van der Waals surface area contributed by atoms with Gasteiger partial charge in [0.2, 0.25) is 5.22 Å². The van der Waals surface area contributed by atoms with Crippen molar-refractivity contribution in [2.24, 2.45) is 0 Å². The maximum absolute atomic E-state index is 6.03. The Morgan fingerprint density at radius 1 is 1.20 bits per heavy atom. The molecule has 1 aromatic carbocycles. The summed E-state index contributed by atoms with van der Waals surface area (Å²) in [7, 11) is 0. The Morgan fingerprint density at radius 3 is 2.60 bits per heavy atom. The molecule has 0 spiro atoms. The molecule has 0 radical (unpaired) electrons. The van der Waals surface area contributed by atoms with Gasteiger partial charge in [0.1, 0.15) is 5.69 Å². The zero-order chi connectivity index (χ0) is 10.8. The minimum Gasteiger partial charge on any atom is -0.343 e. The lowest BCUT2D eigenvalue weighted by Crippen LogP contribution is -1.84. The average Bonchev–Trinajstić information content (AvgIpc) is 2.60. The summed E-state index contributed by atoms with van der Waals surface area (Å²) in [4.78, 5) is 0. The van der Waals surface area contributed by atoms with Crippen molar-refractivity contribution in [2.75, 3.05) is 0 Å². The molecule has 78 valence electrons. The van der Waals surface area contributed by atoms with Gasteiger partial charge in [0.25, 0.3) is 0 Å². The SMILES string of the molecule is ClCc1c(-c2ccccc2Cl)noc1Cl. The minimum absolute atomic E-state index is 0.208. The number of halogens is 3. The smallest absolute Gasteiger partial charge is 0.231 e. The number of alkyl halides is 1. The van der Waals surface area contributed by atoms with Crippen LogP contribution in [0.4, 0.5) is 0 Å². The summed E-state index contributed by atoms with van der Waals surface area (Å²) in [5.74, 6) is 0.239. The van der Waals surface area contributed by atoms with Crippen LogP contribution in [-0.4, -0.2) is 5.16 Å². The highest BCUT2D eigenvalue weighted by molar-refractivity contribution is 6.34. The third-order valence-corrected chi connectivity index (χ3v) is 2.90. The molecule has 0 saturated heterocycles. The highest BCUT2D eigenvalue weighted by Crippen LogP contribution is 2.33. The third-order valence-electron chi connectivity index (χ3n) is 2.00. The fraction of sp³-hybridized carbons (Fsp3) is 0.100. The topological polar surface area (TPSA) is 26.0 Å². The molecule has 1 aromatic heterocycles. The van der Waals surface area contributed by atoms with Gasteiger partial charge in [-0.3, -0.25) is 0 Å². The van der Waals surface area contributed by atoms with E-state index < -0.39 is 0 Å². The molecule has 0 aliphatic heterocycles. The molecule has 0 saturated carbocycles. The summed E-state index contributed by atoms with van der Waals surface area (Å²) < 4.78 is 4.87. The lowest BCUT2D eigenvalue weighted by Gasteiger charge is -2.00. The first-order valence-electron chi connectivity index (χ1n) is 4.19. The minimum atomic E-state index is 0.208. The maximum atomic E-state index is 6.03. The summed E-state index contributed by atoms with van der Waals surface area (Å²) in [5.41, 5.74) is 2.03. The van der Waals surface area contributed by atoms with Gasteiger partial charge >= 0.3 is 0 Å². The van der Waals surface area contributed by atoms with Crippen molar-refractivity contribution in [1.29, 1.82) is 0 Å². The van der Waals surface area contributed by atoms with Gasteiger partial charge < -0.3 is 4.52 Å². The Kier molecular flexibility index (Phi) is 3.19. The molecular weight excluding hydrogens is 256 g/mol. The van der Waals surface area contributed by atoms with E-state index in [2.05, 4.69) is 5.16 Å². The Morgan fingerprint density at radius 2 is 1.93 bits per heavy atom. The van der Waals surface area contributed by atoms with Crippen LogP contribution in [0.1, 0.15) is 5.56 Å². The molecule has 1 heterocycles. The van der Waals surface area contributed by atoms with Gasteiger partial charge in [-0.15, -0.1) is 11.6 Å². The molecule has 15 heavy (non-hydrogen) atoms. The van der Waals surface area contributed by atoms with Crippen molar-refractivity contribution < 1.29 is 4.52 Å². The van der Waals surface area contributed by atoms with E-state index in [1.807, 2.05) is 18.2 Å². The third kappa shape index (κ3) is 1.98. The van der Waals surface area contributed by atoms with Crippen molar-refractivity contribution in [2.45, 2.75) is 5.88 Å². The number of benzene rings is 1. The van der Waals surface area contributed by atoms with Crippen LogP contribution in [0.25, 0.3) is 11.3 Å². The fourth-order valence-electron chi connectivity index (χ4n) is 1.27. The van der Waals surface area contributed by atoms with E-state index in [0.717, 1.165) is 5.56 Å². The standard InChI is InChI=1S/C10H6Cl3NO/c11-5-7-9(14-15-10(7)13)6-3-1-2-4-8(6)12/h1-4H,5H2. The molecule has 0 aliphatic rings. The Hall–Kier alpha value is -0.700. The first-order valence-corrected chi connectivity index (χ1v) is 5.48. The lowest BCUT2D eigenvalue weighted by molar-refractivity contribution is 0.423. The molecule has 0 N–H and O–H groups in total. The second-order valence-electron chi connectivity index (χ2n) is 2.90. The van der Waals surface area contributed by atoms with Crippen molar-refractivity contribution in [3.05, 3.63) is 40.1 Å². The van der Waals surface area contributed by atoms with Gasteiger partial charge in [0, 0.05) is 5.56 Å². The number of hydrogen-bond donors (Lipinski definition) is 0. The van der Waals surface area contributed by atoms with E-state index in [1.165, 1.54) is 0 Å². The Bertz CT molecular complexity index is 481. The van der Waals surface area contributed by atoms with E-state index in [4.69, 9.17) is 39.3 Å². The van der Waals surface area contributed by atoms with Crippen molar-refractivity contribution in [3.63, 3.8) is 0 Å². The van der Waals surface area contributed by atoms with E-state index in [9.17, 15) is 0 Å². The van der Waals surface area contributed by atoms with Crippen LogP contribution < -0.4 is 0 Å². The summed E-state index contributed by atoms with van der Waals surface area (Å²) in [6, 6.07) is 7.32. The molecular formula is C10H6Cl3NO.